The molecule has 31 heavy (non-hydrogen) atoms. The van der Waals surface area contributed by atoms with Crippen molar-refractivity contribution < 1.29 is 14.4 Å². The number of anilines is 1. The van der Waals surface area contributed by atoms with Crippen LogP contribution in [0.5, 0.6) is 0 Å². The van der Waals surface area contributed by atoms with E-state index < -0.39 is 0 Å². The average molecular weight is 442 g/mol. The number of benzene rings is 2. The fraction of sp³-hybridized carbons (Fsp3) is 0.375. The van der Waals surface area contributed by atoms with E-state index in [1.165, 1.54) is 0 Å². The van der Waals surface area contributed by atoms with Gasteiger partial charge in [-0.2, -0.15) is 0 Å². The molecule has 1 heterocycles. The molecular weight excluding hydrogens is 414 g/mol. The van der Waals surface area contributed by atoms with Gasteiger partial charge in [0.2, 0.25) is 5.91 Å². The Balaban J connectivity index is 1.65. The van der Waals surface area contributed by atoms with Gasteiger partial charge in [-0.3, -0.25) is 14.4 Å². The maximum atomic E-state index is 13.1. The Kier molecular flexibility index (Phi) is 8.06. The van der Waals surface area contributed by atoms with Crippen molar-refractivity contribution in [2.24, 2.45) is 5.92 Å². The lowest BCUT2D eigenvalue weighted by Gasteiger charge is -2.32. The number of nitrogens with zero attached hydrogens (tertiary/aromatic N) is 1. The van der Waals surface area contributed by atoms with Crippen molar-refractivity contribution in [3.8, 4) is 0 Å². The van der Waals surface area contributed by atoms with Gasteiger partial charge >= 0.3 is 0 Å². The lowest BCUT2D eigenvalue weighted by molar-refractivity contribution is -0.126. The number of piperidine rings is 1. The molecule has 2 N–H and O–H groups in total. The molecule has 1 aliphatic rings. The van der Waals surface area contributed by atoms with Crippen LogP contribution in [0.1, 0.15) is 53.3 Å². The van der Waals surface area contributed by atoms with Crippen molar-refractivity contribution in [1.29, 1.82) is 0 Å². The van der Waals surface area contributed by atoms with Gasteiger partial charge in [-0.15, -0.1) is 0 Å². The Morgan fingerprint density at radius 3 is 2.71 bits per heavy atom. The SMILES string of the molecule is CCCCNC(=O)[C@@H]1CCCN(C(=O)c2cccc(NC(=O)c3ccccc3Cl)c2)C1. The van der Waals surface area contributed by atoms with Crippen LogP contribution in [0, 0.1) is 5.92 Å². The Morgan fingerprint density at radius 1 is 1.13 bits per heavy atom. The second kappa shape index (κ2) is 11.0. The van der Waals surface area contributed by atoms with E-state index in [2.05, 4.69) is 17.6 Å². The fourth-order valence-corrected chi connectivity index (χ4v) is 3.89. The summed E-state index contributed by atoms with van der Waals surface area (Å²) in [4.78, 5) is 39.7. The van der Waals surface area contributed by atoms with Crippen molar-refractivity contribution in [1.82, 2.24) is 10.2 Å². The van der Waals surface area contributed by atoms with Crippen LogP contribution < -0.4 is 10.6 Å². The van der Waals surface area contributed by atoms with Crippen molar-refractivity contribution in [2.75, 3.05) is 25.0 Å². The number of hydrogen-bond acceptors (Lipinski definition) is 3. The maximum Gasteiger partial charge on any atom is 0.257 e. The van der Waals surface area contributed by atoms with Gasteiger partial charge < -0.3 is 15.5 Å². The predicted molar refractivity (Wildman–Crippen MR) is 122 cm³/mol. The Labute approximate surface area is 188 Å². The zero-order chi connectivity index (χ0) is 22.2. The molecule has 1 atom stereocenters. The van der Waals surface area contributed by atoms with Crippen LogP contribution in [0.4, 0.5) is 5.69 Å². The molecule has 3 amide bonds. The first-order valence-electron chi connectivity index (χ1n) is 10.7. The lowest BCUT2D eigenvalue weighted by Crippen LogP contribution is -2.45. The minimum Gasteiger partial charge on any atom is -0.356 e. The number of carbonyl (C=O) groups is 3. The molecule has 0 radical (unpaired) electrons. The fourth-order valence-electron chi connectivity index (χ4n) is 3.66. The molecule has 1 fully saturated rings. The molecule has 1 aliphatic heterocycles. The summed E-state index contributed by atoms with van der Waals surface area (Å²) < 4.78 is 0. The Hall–Kier alpha value is -2.86. The molecule has 0 bridgehead atoms. The second-order valence-electron chi connectivity index (χ2n) is 7.75. The largest absolute Gasteiger partial charge is 0.356 e. The van der Waals surface area contributed by atoms with Gasteiger partial charge in [-0.25, -0.2) is 0 Å². The van der Waals surface area contributed by atoms with E-state index in [1.54, 1.807) is 53.4 Å². The van der Waals surface area contributed by atoms with Gasteiger partial charge in [0.1, 0.15) is 0 Å². The summed E-state index contributed by atoms with van der Waals surface area (Å²) in [6.07, 6.45) is 3.56. The zero-order valence-electron chi connectivity index (χ0n) is 17.7. The van der Waals surface area contributed by atoms with E-state index >= 15 is 0 Å². The van der Waals surface area contributed by atoms with Gasteiger partial charge in [0.15, 0.2) is 0 Å². The molecule has 6 nitrogen and oxygen atoms in total. The molecule has 2 aromatic rings. The Morgan fingerprint density at radius 2 is 1.94 bits per heavy atom. The third-order valence-electron chi connectivity index (χ3n) is 5.39. The third-order valence-corrected chi connectivity index (χ3v) is 5.72. The number of hydrogen-bond donors (Lipinski definition) is 2. The number of unbranched alkanes of at least 4 members (excludes halogenated alkanes) is 1. The number of halogens is 1. The van der Waals surface area contributed by atoms with Crippen LogP contribution in [0.3, 0.4) is 0 Å². The molecule has 0 spiro atoms. The third kappa shape index (κ3) is 6.07. The van der Waals surface area contributed by atoms with E-state index in [4.69, 9.17) is 11.6 Å². The van der Waals surface area contributed by atoms with Crippen molar-refractivity contribution in [3.05, 3.63) is 64.7 Å². The number of nitrogens with one attached hydrogen (secondary N) is 2. The van der Waals surface area contributed by atoms with Crippen molar-refractivity contribution in [2.45, 2.75) is 32.6 Å². The number of rotatable bonds is 7. The van der Waals surface area contributed by atoms with Gasteiger partial charge in [0.05, 0.1) is 16.5 Å². The summed E-state index contributed by atoms with van der Waals surface area (Å²) in [7, 11) is 0. The highest BCUT2D eigenvalue weighted by Crippen LogP contribution is 2.21. The number of likely N-dealkylation sites (tertiary alicyclic amines) is 1. The van der Waals surface area contributed by atoms with Crippen LogP contribution in [0.2, 0.25) is 5.02 Å². The minimum atomic E-state index is -0.336. The molecule has 0 aliphatic carbocycles. The summed E-state index contributed by atoms with van der Waals surface area (Å²) >= 11 is 6.09. The van der Waals surface area contributed by atoms with Crippen LogP contribution in [0.25, 0.3) is 0 Å². The van der Waals surface area contributed by atoms with Crippen molar-refractivity contribution in [3.63, 3.8) is 0 Å². The maximum absolute atomic E-state index is 13.1. The molecule has 0 saturated carbocycles. The van der Waals surface area contributed by atoms with Gasteiger partial charge in [-0.05, 0) is 49.6 Å². The second-order valence-corrected chi connectivity index (χ2v) is 8.16. The highest BCUT2D eigenvalue weighted by molar-refractivity contribution is 6.34. The lowest BCUT2D eigenvalue weighted by atomic mass is 9.96. The van der Waals surface area contributed by atoms with Gasteiger partial charge in [-0.1, -0.05) is 43.1 Å². The van der Waals surface area contributed by atoms with E-state index in [1.807, 2.05) is 0 Å². The number of carbonyl (C=O) groups excluding carboxylic acids is 3. The predicted octanol–water partition coefficient (Wildman–Crippen LogP) is 4.36. The van der Waals surface area contributed by atoms with Crippen LogP contribution in [0.15, 0.2) is 48.5 Å². The van der Waals surface area contributed by atoms with E-state index in [0.29, 0.717) is 41.5 Å². The standard InChI is InChI=1S/C24H28ClN3O3/c1-2-3-13-26-22(29)18-9-7-14-28(16-18)24(31)17-8-6-10-19(15-17)27-23(30)20-11-4-5-12-21(20)25/h4-6,8,10-12,15,18H,2-3,7,9,13-14,16H2,1H3,(H,26,29)(H,27,30)/t18-/m1/s1. The van der Waals surface area contributed by atoms with Crippen LogP contribution >= 0.6 is 11.6 Å². The normalized spacial score (nSPS) is 15.9. The molecule has 0 unspecified atom stereocenters. The molecule has 0 aromatic heterocycles. The highest BCUT2D eigenvalue weighted by atomic mass is 35.5. The summed E-state index contributed by atoms with van der Waals surface area (Å²) in [5.74, 6) is -0.638. The quantitative estimate of drug-likeness (QED) is 0.626. The minimum absolute atomic E-state index is 0.0201. The summed E-state index contributed by atoms with van der Waals surface area (Å²) in [6, 6.07) is 13.6. The molecule has 1 saturated heterocycles. The van der Waals surface area contributed by atoms with E-state index in [9.17, 15) is 14.4 Å². The first kappa shape index (κ1) is 22.8. The summed E-state index contributed by atoms with van der Waals surface area (Å²) in [5.41, 5.74) is 1.36. The molecule has 7 heteroatoms. The monoisotopic (exact) mass is 441 g/mol. The summed E-state index contributed by atoms with van der Waals surface area (Å²) in [6.45, 7) is 3.78. The van der Waals surface area contributed by atoms with Gasteiger partial charge in [0, 0.05) is 30.9 Å². The molecule has 2 aromatic carbocycles. The first-order chi connectivity index (χ1) is 15.0. The van der Waals surface area contributed by atoms with Crippen LogP contribution in [-0.4, -0.2) is 42.3 Å². The average Bonchev–Trinajstić information content (AvgIpc) is 2.79. The number of amides is 3. The van der Waals surface area contributed by atoms with E-state index in [-0.39, 0.29) is 23.6 Å². The van der Waals surface area contributed by atoms with Crippen molar-refractivity contribution >= 4 is 35.0 Å². The molecule has 164 valence electrons. The summed E-state index contributed by atoms with van der Waals surface area (Å²) in [5, 5.41) is 6.13. The molecular formula is C24H28ClN3O3. The Bertz CT molecular complexity index is 947. The smallest absolute Gasteiger partial charge is 0.257 e. The zero-order valence-corrected chi connectivity index (χ0v) is 18.5. The van der Waals surface area contributed by atoms with Crippen LogP contribution in [-0.2, 0) is 4.79 Å². The molecule has 3 rings (SSSR count). The van der Waals surface area contributed by atoms with E-state index in [0.717, 1.165) is 25.7 Å². The topological polar surface area (TPSA) is 78.5 Å². The van der Waals surface area contributed by atoms with Gasteiger partial charge in [0.25, 0.3) is 11.8 Å². The first-order valence-corrected chi connectivity index (χ1v) is 11.1. The highest BCUT2D eigenvalue weighted by Gasteiger charge is 2.28.